The fraction of sp³-hybridized carbons (Fsp3) is 0.833. The second-order valence-electron chi connectivity index (χ2n) is 5.77. The second-order valence-corrected chi connectivity index (χ2v) is 5.77. The number of hydrogen-bond donors (Lipinski definition) is 1. The number of hydrogen-bond acceptors (Lipinski definition) is 5. The molecule has 0 aromatic carbocycles. The largest absolute Gasteiger partial charge is 0.455 e. The molecule has 1 atom stereocenters. The summed E-state index contributed by atoms with van der Waals surface area (Å²) in [4.78, 5) is 17.3. The molecule has 2 aliphatic heterocycles. The highest BCUT2D eigenvalue weighted by Gasteiger charge is 2.43. The maximum atomic E-state index is 11.8. The van der Waals surface area contributed by atoms with Crippen molar-refractivity contribution in [3.8, 4) is 0 Å². The van der Waals surface area contributed by atoms with Gasteiger partial charge in [-0.15, -0.1) is 0 Å². The van der Waals surface area contributed by atoms with Crippen LogP contribution in [0.15, 0.2) is 5.16 Å². The fourth-order valence-electron chi connectivity index (χ4n) is 2.14. The Labute approximate surface area is 102 Å². The molecule has 1 unspecified atom stereocenters. The molecule has 96 valence electrons. The maximum absolute atomic E-state index is 11.8. The molecule has 0 aliphatic carbocycles. The highest BCUT2D eigenvalue weighted by Crippen LogP contribution is 2.31. The summed E-state index contributed by atoms with van der Waals surface area (Å²) in [5, 5.41) is 7.17. The van der Waals surface area contributed by atoms with E-state index in [4.69, 9.17) is 9.57 Å². The van der Waals surface area contributed by atoms with Gasteiger partial charge in [0.2, 0.25) is 0 Å². The van der Waals surface area contributed by atoms with Gasteiger partial charge in [0.15, 0.2) is 11.3 Å². The van der Waals surface area contributed by atoms with Gasteiger partial charge in [-0.1, -0.05) is 5.16 Å². The first-order chi connectivity index (χ1) is 7.90. The van der Waals surface area contributed by atoms with Gasteiger partial charge in [0.25, 0.3) is 0 Å². The molecule has 0 bridgehead atoms. The molecule has 0 aromatic heterocycles. The number of rotatable bonds is 1. The van der Waals surface area contributed by atoms with Crippen LogP contribution in [0.1, 0.15) is 40.0 Å². The minimum atomic E-state index is -0.486. The van der Waals surface area contributed by atoms with Crippen molar-refractivity contribution < 1.29 is 14.4 Å². The number of carbonyl (C=O) groups is 1. The predicted octanol–water partition coefficient (Wildman–Crippen LogP) is 1.23. The zero-order valence-corrected chi connectivity index (χ0v) is 10.7. The summed E-state index contributed by atoms with van der Waals surface area (Å²) >= 11 is 0. The molecule has 0 radical (unpaired) electrons. The van der Waals surface area contributed by atoms with Crippen LogP contribution < -0.4 is 5.32 Å². The predicted molar refractivity (Wildman–Crippen MR) is 63.8 cm³/mol. The summed E-state index contributed by atoms with van der Waals surface area (Å²) < 4.78 is 5.29. The smallest absolute Gasteiger partial charge is 0.356 e. The first kappa shape index (κ1) is 12.4. The molecule has 1 saturated heterocycles. The minimum Gasteiger partial charge on any atom is -0.455 e. The van der Waals surface area contributed by atoms with Crippen molar-refractivity contribution in [3.63, 3.8) is 0 Å². The number of piperidine rings is 1. The monoisotopic (exact) mass is 240 g/mol. The van der Waals surface area contributed by atoms with E-state index in [0.717, 1.165) is 25.9 Å². The molecule has 2 rings (SSSR count). The van der Waals surface area contributed by atoms with Crippen molar-refractivity contribution in [1.82, 2.24) is 5.32 Å². The number of nitrogens with one attached hydrogen (secondary N) is 1. The molecular formula is C12H20N2O3. The van der Waals surface area contributed by atoms with E-state index in [0.29, 0.717) is 12.1 Å². The maximum Gasteiger partial charge on any atom is 0.356 e. The number of carbonyl (C=O) groups excluding carboxylic acids is 1. The van der Waals surface area contributed by atoms with Crippen LogP contribution in [-0.2, 0) is 14.4 Å². The number of oxime groups is 1. The van der Waals surface area contributed by atoms with Gasteiger partial charge >= 0.3 is 5.97 Å². The molecule has 5 nitrogen and oxygen atoms in total. The highest BCUT2D eigenvalue weighted by atomic mass is 16.7. The molecular weight excluding hydrogens is 220 g/mol. The average molecular weight is 240 g/mol. The number of esters is 1. The summed E-state index contributed by atoms with van der Waals surface area (Å²) in [6, 6.07) is 0. The van der Waals surface area contributed by atoms with Crippen LogP contribution in [0.2, 0.25) is 0 Å². The molecule has 0 saturated carbocycles. The Balaban J connectivity index is 1.94. The van der Waals surface area contributed by atoms with Crippen LogP contribution in [0.3, 0.4) is 0 Å². The van der Waals surface area contributed by atoms with Crippen molar-refractivity contribution in [3.05, 3.63) is 0 Å². The number of nitrogens with zero attached hydrogens (tertiary/aromatic N) is 1. The van der Waals surface area contributed by atoms with Gasteiger partial charge in [0.05, 0.1) is 0 Å². The zero-order valence-electron chi connectivity index (χ0n) is 10.7. The highest BCUT2D eigenvalue weighted by molar-refractivity contribution is 6.37. The first-order valence-corrected chi connectivity index (χ1v) is 6.09. The zero-order chi connectivity index (χ0) is 12.5. The molecule has 0 aromatic rings. The Hall–Kier alpha value is -1.10. The van der Waals surface area contributed by atoms with Crippen LogP contribution in [-0.4, -0.2) is 36.0 Å². The Morgan fingerprint density at radius 2 is 2.29 bits per heavy atom. The molecule has 1 N–H and O–H groups in total. The lowest BCUT2D eigenvalue weighted by Gasteiger charge is -2.30. The van der Waals surface area contributed by atoms with Gasteiger partial charge in [-0.3, -0.25) is 0 Å². The van der Waals surface area contributed by atoms with Gasteiger partial charge in [-0.2, -0.15) is 0 Å². The Morgan fingerprint density at radius 3 is 2.88 bits per heavy atom. The van der Waals surface area contributed by atoms with E-state index < -0.39 is 5.60 Å². The molecule has 17 heavy (non-hydrogen) atoms. The third kappa shape index (κ3) is 2.97. The Bertz CT molecular complexity index is 338. The van der Waals surface area contributed by atoms with Crippen molar-refractivity contribution in [1.29, 1.82) is 0 Å². The third-order valence-corrected chi connectivity index (χ3v) is 2.91. The lowest BCUT2D eigenvalue weighted by molar-refractivity contribution is -0.146. The molecule has 0 amide bonds. The topological polar surface area (TPSA) is 59.9 Å². The summed E-state index contributed by atoms with van der Waals surface area (Å²) in [6.07, 6.45) is 2.54. The van der Waals surface area contributed by atoms with Crippen molar-refractivity contribution in [2.75, 3.05) is 13.1 Å². The quantitative estimate of drug-likeness (QED) is 0.700. The van der Waals surface area contributed by atoms with Gasteiger partial charge in [0.1, 0.15) is 5.60 Å². The van der Waals surface area contributed by atoms with Gasteiger partial charge < -0.3 is 14.9 Å². The van der Waals surface area contributed by atoms with Crippen LogP contribution in [0.25, 0.3) is 0 Å². The van der Waals surface area contributed by atoms with Gasteiger partial charge in [-0.25, -0.2) is 4.79 Å². The first-order valence-electron chi connectivity index (χ1n) is 6.09. The van der Waals surface area contributed by atoms with Crippen LogP contribution in [0.4, 0.5) is 0 Å². The van der Waals surface area contributed by atoms with E-state index in [1.165, 1.54) is 0 Å². The third-order valence-electron chi connectivity index (χ3n) is 2.91. The SMILES string of the molecule is CC(C)(C)OC(=O)C1=NOC2(CCCNC2)C1. The number of ether oxygens (including phenoxy) is 1. The summed E-state index contributed by atoms with van der Waals surface area (Å²) in [6.45, 7) is 7.30. The van der Waals surface area contributed by atoms with E-state index in [9.17, 15) is 4.79 Å². The van der Waals surface area contributed by atoms with E-state index in [1.54, 1.807) is 0 Å². The van der Waals surface area contributed by atoms with Crippen LogP contribution in [0, 0.1) is 0 Å². The normalized spacial score (nSPS) is 28.8. The van der Waals surface area contributed by atoms with Crippen molar-refractivity contribution >= 4 is 11.7 Å². The van der Waals surface area contributed by atoms with E-state index >= 15 is 0 Å². The summed E-state index contributed by atoms with van der Waals surface area (Å²) in [5.74, 6) is -0.361. The van der Waals surface area contributed by atoms with E-state index in [-0.39, 0.29) is 11.6 Å². The van der Waals surface area contributed by atoms with Gasteiger partial charge in [-0.05, 0) is 40.2 Å². The minimum absolute atomic E-state index is 0.315. The fourth-order valence-corrected chi connectivity index (χ4v) is 2.14. The van der Waals surface area contributed by atoms with Crippen LogP contribution in [0.5, 0.6) is 0 Å². The lowest BCUT2D eigenvalue weighted by atomic mass is 9.89. The summed E-state index contributed by atoms with van der Waals surface area (Å²) in [5.41, 5.74) is -0.395. The standard InChI is InChI=1S/C12H20N2O3/c1-11(2,3)16-10(15)9-7-12(17-14-9)5-4-6-13-8-12/h13H,4-8H2,1-3H3. The molecule has 2 aliphatic rings. The second kappa shape index (κ2) is 4.29. The van der Waals surface area contributed by atoms with Crippen LogP contribution >= 0.6 is 0 Å². The molecule has 2 heterocycles. The summed E-state index contributed by atoms with van der Waals surface area (Å²) in [7, 11) is 0. The van der Waals surface area contributed by atoms with E-state index in [1.807, 2.05) is 20.8 Å². The van der Waals surface area contributed by atoms with Gasteiger partial charge in [0, 0.05) is 13.0 Å². The van der Waals surface area contributed by atoms with E-state index in [2.05, 4.69) is 10.5 Å². The van der Waals surface area contributed by atoms with Crippen molar-refractivity contribution in [2.24, 2.45) is 5.16 Å². The molecule has 5 heteroatoms. The molecule has 1 fully saturated rings. The Morgan fingerprint density at radius 1 is 1.53 bits per heavy atom. The lowest BCUT2D eigenvalue weighted by Crippen LogP contribution is -2.46. The average Bonchev–Trinajstić information content (AvgIpc) is 2.61. The molecule has 1 spiro atoms. The Kier molecular flexibility index (Phi) is 3.12. The van der Waals surface area contributed by atoms with Crippen molar-refractivity contribution in [2.45, 2.75) is 51.2 Å².